The number of nitrogens with zero attached hydrogens (tertiary/aromatic N) is 1. The topological polar surface area (TPSA) is 49.4 Å². The highest BCUT2D eigenvalue weighted by molar-refractivity contribution is 6.07. The van der Waals surface area contributed by atoms with Crippen molar-refractivity contribution in [2.45, 2.75) is 31.8 Å². The lowest BCUT2D eigenvalue weighted by Gasteiger charge is -2.21. The van der Waals surface area contributed by atoms with Gasteiger partial charge in [0, 0.05) is 0 Å². The van der Waals surface area contributed by atoms with Gasteiger partial charge in [-0.1, -0.05) is 54.6 Å². The summed E-state index contributed by atoms with van der Waals surface area (Å²) in [5.41, 5.74) is 2.53. The number of imide groups is 1. The van der Waals surface area contributed by atoms with E-state index in [4.69, 9.17) is 0 Å². The highest BCUT2D eigenvalue weighted by atomic mass is 16.2. The zero-order valence-corrected chi connectivity index (χ0v) is 13.7. The van der Waals surface area contributed by atoms with E-state index in [2.05, 4.69) is 17.4 Å². The SMILES string of the molecule is C[C@@]1(C2CC2)NC(=O)N(Cc2ccc(-c3ccccc3)cc2)C1=O. The molecule has 0 radical (unpaired) electrons. The van der Waals surface area contributed by atoms with Gasteiger partial charge in [0.25, 0.3) is 5.91 Å². The third-order valence-electron chi connectivity index (χ3n) is 5.10. The Labute approximate surface area is 141 Å². The predicted molar refractivity (Wildman–Crippen MR) is 92.1 cm³/mol. The monoisotopic (exact) mass is 320 g/mol. The summed E-state index contributed by atoms with van der Waals surface area (Å²) in [7, 11) is 0. The second kappa shape index (κ2) is 5.48. The van der Waals surface area contributed by atoms with Gasteiger partial charge in [0.2, 0.25) is 0 Å². The fourth-order valence-electron chi connectivity index (χ4n) is 3.41. The fourth-order valence-corrected chi connectivity index (χ4v) is 3.41. The van der Waals surface area contributed by atoms with Gasteiger partial charge in [-0.25, -0.2) is 4.79 Å². The van der Waals surface area contributed by atoms with E-state index in [9.17, 15) is 9.59 Å². The highest BCUT2D eigenvalue weighted by Gasteiger charge is 2.55. The molecule has 3 amide bonds. The Balaban J connectivity index is 1.51. The maximum absolute atomic E-state index is 12.7. The van der Waals surface area contributed by atoms with Gasteiger partial charge in [-0.3, -0.25) is 9.69 Å². The van der Waals surface area contributed by atoms with Gasteiger partial charge in [0.15, 0.2) is 0 Å². The molecule has 122 valence electrons. The van der Waals surface area contributed by atoms with E-state index in [1.165, 1.54) is 4.90 Å². The molecule has 4 nitrogen and oxygen atoms in total. The van der Waals surface area contributed by atoms with Crippen LogP contribution in [0, 0.1) is 5.92 Å². The van der Waals surface area contributed by atoms with Crippen LogP contribution in [0.4, 0.5) is 4.79 Å². The standard InChI is InChI=1S/C20H20N2O2/c1-20(17-11-12-17)18(23)22(19(24)21-20)13-14-7-9-16(10-8-14)15-5-3-2-4-6-15/h2-10,17H,11-13H2,1H3,(H,21,24)/t20-/m0/s1. The number of hydrogen-bond acceptors (Lipinski definition) is 2. The predicted octanol–water partition coefficient (Wildman–Crippen LogP) is 3.57. The molecule has 2 aromatic carbocycles. The van der Waals surface area contributed by atoms with Crippen molar-refractivity contribution in [1.29, 1.82) is 0 Å². The van der Waals surface area contributed by atoms with Crippen LogP contribution in [0.5, 0.6) is 0 Å². The van der Waals surface area contributed by atoms with E-state index < -0.39 is 5.54 Å². The second-order valence-electron chi connectivity index (χ2n) is 6.86. The van der Waals surface area contributed by atoms with Crippen molar-refractivity contribution >= 4 is 11.9 Å². The minimum atomic E-state index is -0.707. The number of hydrogen-bond donors (Lipinski definition) is 1. The molecular formula is C20H20N2O2. The molecule has 0 unspecified atom stereocenters. The Hall–Kier alpha value is -2.62. The first kappa shape index (κ1) is 14.9. The van der Waals surface area contributed by atoms with Crippen molar-refractivity contribution in [3.05, 3.63) is 60.2 Å². The average Bonchev–Trinajstić information content (AvgIpc) is 3.43. The second-order valence-corrected chi connectivity index (χ2v) is 6.86. The summed E-state index contributed by atoms with van der Waals surface area (Å²) in [6.45, 7) is 2.17. The molecule has 0 bridgehead atoms. The molecule has 0 spiro atoms. The third-order valence-corrected chi connectivity index (χ3v) is 5.10. The lowest BCUT2D eigenvalue weighted by molar-refractivity contribution is -0.131. The minimum absolute atomic E-state index is 0.0952. The molecule has 2 fully saturated rings. The van der Waals surface area contributed by atoms with E-state index in [0.717, 1.165) is 29.5 Å². The van der Waals surface area contributed by atoms with Crippen molar-refractivity contribution in [1.82, 2.24) is 10.2 Å². The Bertz CT molecular complexity index is 781. The van der Waals surface area contributed by atoms with Gasteiger partial charge >= 0.3 is 6.03 Å². The minimum Gasteiger partial charge on any atom is -0.323 e. The molecule has 1 aliphatic carbocycles. The molecule has 0 aromatic heterocycles. The van der Waals surface area contributed by atoms with Crippen molar-refractivity contribution in [3.63, 3.8) is 0 Å². The Kier molecular flexibility index (Phi) is 3.41. The molecular weight excluding hydrogens is 300 g/mol. The number of rotatable bonds is 4. The van der Waals surface area contributed by atoms with Gasteiger partial charge < -0.3 is 5.32 Å². The van der Waals surface area contributed by atoms with E-state index in [1.54, 1.807) is 0 Å². The lowest BCUT2D eigenvalue weighted by Crippen LogP contribution is -2.46. The van der Waals surface area contributed by atoms with Crippen LogP contribution in [0.2, 0.25) is 0 Å². The van der Waals surface area contributed by atoms with Crippen LogP contribution in [-0.4, -0.2) is 22.4 Å². The smallest absolute Gasteiger partial charge is 0.323 e. The maximum Gasteiger partial charge on any atom is 0.325 e. The summed E-state index contributed by atoms with van der Waals surface area (Å²) in [6, 6.07) is 17.9. The number of carbonyl (C=O) groups excluding carboxylic acids is 2. The summed E-state index contributed by atoms with van der Waals surface area (Å²) in [6.07, 6.45) is 2.03. The molecule has 1 aliphatic heterocycles. The number of carbonyl (C=O) groups is 2. The van der Waals surface area contributed by atoms with Crippen LogP contribution >= 0.6 is 0 Å². The van der Waals surface area contributed by atoms with E-state index in [0.29, 0.717) is 12.5 Å². The first-order valence-electron chi connectivity index (χ1n) is 8.36. The normalized spacial score (nSPS) is 23.5. The number of amides is 3. The van der Waals surface area contributed by atoms with Crippen molar-refractivity contribution in [2.75, 3.05) is 0 Å². The number of benzene rings is 2. The molecule has 24 heavy (non-hydrogen) atoms. The first-order valence-corrected chi connectivity index (χ1v) is 8.36. The summed E-state index contributed by atoms with van der Waals surface area (Å²) < 4.78 is 0. The molecule has 1 heterocycles. The molecule has 4 heteroatoms. The van der Waals surface area contributed by atoms with Crippen molar-refractivity contribution in [3.8, 4) is 11.1 Å². The average molecular weight is 320 g/mol. The molecule has 1 saturated heterocycles. The molecule has 2 aromatic rings. The van der Waals surface area contributed by atoms with E-state index in [-0.39, 0.29) is 11.9 Å². The quantitative estimate of drug-likeness (QED) is 0.876. The summed E-state index contributed by atoms with van der Waals surface area (Å²) in [5.74, 6) is 0.196. The van der Waals surface area contributed by atoms with E-state index >= 15 is 0 Å². The molecule has 1 N–H and O–H groups in total. The lowest BCUT2D eigenvalue weighted by atomic mass is 9.96. The van der Waals surface area contributed by atoms with Gasteiger partial charge in [-0.2, -0.15) is 0 Å². The summed E-state index contributed by atoms with van der Waals surface area (Å²) in [4.78, 5) is 26.2. The van der Waals surface area contributed by atoms with Crippen LogP contribution in [-0.2, 0) is 11.3 Å². The van der Waals surface area contributed by atoms with Gasteiger partial charge in [0.05, 0.1) is 6.54 Å². The third kappa shape index (κ3) is 2.48. The zero-order chi connectivity index (χ0) is 16.7. The van der Waals surface area contributed by atoms with Crippen molar-refractivity contribution in [2.24, 2.45) is 5.92 Å². The molecule has 1 atom stereocenters. The molecule has 2 aliphatic rings. The summed E-state index contributed by atoms with van der Waals surface area (Å²) >= 11 is 0. The van der Waals surface area contributed by atoms with E-state index in [1.807, 2.05) is 49.4 Å². The van der Waals surface area contributed by atoms with Gasteiger partial charge in [-0.15, -0.1) is 0 Å². The number of nitrogens with one attached hydrogen (secondary N) is 1. The van der Waals surface area contributed by atoms with Crippen LogP contribution in [0.15, 0.2) is 54.6 Å². The zero-order valence-electron chi connectivity index (χ0n) is 13.7. The van der Waals surface area contributed by atoms with Gasteiger partial charge in [0.1, 0.15) is 5.54 Å². The first-order chi connectivity index (χ1) is 11.6. The van der Waals surface area contributed by atoms with Crippen molar-refractivity contribution < 1.29 is 9.59 Å². The Morgan fingerprint density at radius 3 is 2.25 bits per heavy atom. The van der Waals surface area contributed by atoms with Gasteiger partial charge in [-0.05, 0) is 42.4 Å². The largest absolute Gasteiger partial charge is 0.325 e. The van der Waals surface area contributed by atoms with Crippen LogP contribution < -0.4 is 5.32 Å². The van der Waals surface area contributed by atoms with Crippen LogP contribution in [0.1, 0.15) is 25.3 Å². The van der Waals surface area contributed by atoms with Crippen LogP contribution in [0.3, 0.4) is 0 Å². The fraction of sp³-hybridized carbons (Fsp3) is 0.300. The molecule has 1 saturated carbocycles. The van der Waals surface area contributed by atoms with Crippen LogP contribution in [0.25, 0.3) is 11.1 Å². The molecule has 4 rings (SSSR count). The summed E-state index contributed by atoms with van der Waals surface area (Å²) in [5, 5.41) is 2.89. The highest BCUT2D eigenvalue weighted by Crippen LogP contribution is 2.42. The Morgan fingerprint density at radius 2 is 1.62 bits per heavy atom. The maximum atomic E-state index is 12.7. The Morgan fingerprint density at radius 1 is 1.00 bits per heavy atom. The number of urea groups is 1.